The molecule has 30 heavy (non-hydrogen) atoms. The molecule has 0 radical (unpaired) electrons. The topological polar surface area (TPSA) is 6.48 Å². The lowest BCUT2D eigenvalue weighted by Gasteiger charge is -2.45. The molecule has 0 amide bonds. The van der Waals surface area contributed by atoms with Gasteiger partial charge in [0.1, 0.15) is 5.82 Å². The molecule has 2 nitrogen and oxygen atoms in total. The summed E-state index contributed by atoms with van der Waals surface area (Å²) in [5.41, 5.74) is 4.53. The maximum atomic E-state index is 13.4. The molecule has 3 aromatic rings. The number of rotatable bonds is 5. The second kappa shape index (κ2) is 9.49. The van der Waals surface area contributed by atoms with Gasteiger partial charge in [0.15, 0.2) is 0 Å². The van der Waals surface area contributed by atoms with Crippen molar-refractivity contribution < 1.29 is 4.39 Å². The summed E-state index contributed by atoms with van der Waals surface area (Å²) in [6.07, 6.45) is 0.997. The van der Waals surface area contributed by atoms with Crippen LogP contribution in [0.3, 0.4) is 0 Å². The average Bonchev–Trinajstić information content (AvgIpc) is 2.71. The second-order valence-corrected chi connectivity index (χ2v) is 8.73. The lowest BCUT2D eigenvalue weighted by atomic mass is 10.0. The van der Waals surface area contributed by atoms with Crippen LogP contribution in [0, 0.1) is 12.7 Å². The fourth-order valence-electron chi connectivity index (χ4n) is 4.28. The number of hydrogen-bond donors (Lipinski definition) is 0. The Morgan fingerprint density at radius 2 is 1.43 bits per heavy atom. The molecule has 0 N–H and O–H groups in total. The Morgan fingerprint density at radius 1 is 0.833 bits per heavy atom. The zero-order chi connectivity index (χ0) is 21.1. The molecule has 0 spiro atoms. The summed E-state index contributed by atoms with van der Waals surface area (Å²) in [4.78, 5) is 4.83. The number of benzene rings is 3. The number of hydrogen-bond acceptors (Lipinski definition) is 2. The molecule has 156 valence electrons. The van der Waals surface area contributed by atoms with Crippen molar-refractivity contribution >= 4 is 23.2 Å². The van der Waals surface area contributed by atoms with Gasteiger partial charge >= 0.3 is 0 Å². The first-order valence-electron chi connectivity index (χ1n) is 10.2. The summed E-state index contributed by atoms with van der Waals surface area (Å²) < 4.78 is 13.4. The van der Waals surface area contributed by atoms with Crippen LogP contribution in [0.1, 0.15) is 34.8 Å². The van der Waals surface area contributed by atoms with E-state index in [2.05, 4.69) is 41.0 Å². The minimum Gasteiger partial charge on any atom is -0.280 e. The van der Waals surface area contributed by atoms with Crippen LogP contribution in [-0.2, 0) is 13.1 Å². The van der Waals surface area contributed by atoms with Crippen LogP contribution < -0.4 is 0 Å². The van der Waals surface area contributed by atoms with Gasteiger partial charge < -0.3 is 0 Å². The molecule has 0 saturated carbocycles. The van der Waals surface area contributed by atoms with Crippen LogP contribution in [0.2, 0.25) is 10.0 Å². The third-order valence-electron chi connectivity index (χ3n) is 5.61. The Balaban J connectivity index is 1.70. The highest BCUT2D eigenvalue weighted by Gasteiger charge is 2.33. The van der Waals surface area contributed by atoms with Crippen molar-refractivity contribution in [3.8, 4) is 0 Å². The number of aryl methyl sites for hydroxylation is 1. The van der Waals surface area contributed by atoms with Gasteiger partial charge in [-0.25, -0.2) is 4.39 Å². The van der Waals surface area contributed by atoms with E-state index in [1.165, 1.54) is 23.3 Å². The van der Waals surface area contributed by atoms with Crippen molar-refractivity contribution in [1.29, 1.82) is 0 Å². The van der Waals surface area contributed by atoms with E-state index in [1.807, 2.05) is 30.3 Å². The quantitative estimate of drug-likeness (QED) is 0.426. The average molecular weight is 443 g/mol. The van der Waals surface area contributed by atoms with Crippen LogP contribution in [0.4, 0.5) is 4.39 Å². The van der Waals surface area contributed by atoms with E-state index < -0.39 is 0 Å². The van der Waals surface area contributed by atoms with E-state index in [4.69, 9.17) is 23.2 Å². The molecular formula is C25H25Cl2FN2. The molecule has 1 saturated heterocycles. The van der Waals surface area contributed by atoms with Gasteiger partial charge in [-0.2, -0.15) is 0 Å². The molecule has 5 heteroatoms. The van der Waals surface area contributed by atoms with Gasteiger partial charge in [0, 0.05) is 41.8 Å². The largest absolute Gasteiger partial charge is 0.280 e. The Hall–Kier alpha value is -1.91. The molecule has 1 fully saturated rings. The number of nitrogens with zero attached hydrogens (tertiary/aromatic N) is 2. The first kappa shape index (κ1) is 21.3. The van der Waals surface area contributed by atoms with Gasteiger partial charge in [-0.1, -0.05) is 71.2 Å². The molecule has 0 bridgehead atoms. The predicted octanol–water partition coefficient (Wildman–Crippen LogP) is 6.85. The predicted molar refractivity (Wildman–Crippen MR) is 122 cm³/mol. The van der Waals surface area contributed by atoms with Crippen molar-refractivity contribution in [3.63, 3.8) is 0 Å². The highest BCUT2D eigenvalue weighted by molar-refractivity contribution is 6.36. The Morgan fingerprint density at radius 3 is 2.07 bits per heavy atom. The molecule has 1 aliphatic rings. The molecule has 0 aromatic heterocycles. The van der Waals surface area contributed by atoms with Crippen LogP contribution in [0.15, 0.2) is 66.7 Å². The van der Waals surface area contributed by atoms with Crippen molar-refractivity contribution in [2.45, 2.75) is 32.6 Å². The van der Waals surface area contributed by atoms with Crippen LogP contribution in [-0.4, -0.2) is 22.9 Å². The first-order chi connectivity index (χ1) is 14.5. The molecule has 4 rings (SSSR count). The Labute approximate surface area is 187 Å². The van der Waals surface area contributed by atoms with E-state index in [0.29, 0.717) is 16.6 Å². The Kier molecular flexibility index (Phi) is 6.74. The molecule has 0 aliphatic carbocycles. The smallest absolute Gasteiger partial charge is 0.123 e. The molecular weight excluding hydrogens is 418 g/mol. The van der Waals surface area contributed by atoms with Crippen molar-refractivity contribution in [2.24, 2.45) is 0 Å². The maximum Gasteiger partial charge on any atom is 0.123 e. The van der Waals surface area contributed by atoms with E-state index >= 15 is 0 Å². The SMILES string of the molecule is Cc1cccc(CN2CCCN(Cc3ccc(F)cc3)[C@H]2c2c(Cl)cccc2Cl)c1. The fourth-order valence-corrected chi connectivity index (χ4v) is 4.87. The lowest BCUT2D eigenvalue weighted by Crippen LogP contribution is -2.47. The van der Waals surface area contributed by atoms with Gasteiger partial charge in [-0.3, -0.25) is 9.80 Å². The van der Waals surface area contributed by atoms with Gasteiger partial charge in [0.2, 0.25) is 0 Å². The maximum absolute atomic E-state index is 13.4. The molecule has 1 heterocycles. The van der Waals surface area contributed by atoms with Gasteiger partial charge in [-0.05, 0) is 48.7 Å². The van der Waals surface area contributed by atoms with E-state index in [9.17, 15) is 4.39 Å². The highest BCUT2D eigenvalue weighted by Crippen LogP contribution is 2.39. The van der Waals surface area contributed by atoms with Crippen LogP contribution in [0.25, 0.3) is 0 Å². The summed E-state index contributed by atoms with van der Waals surface area (Å²) in [6.45, 7) is 5.52. The lowest BCUT2D eigenvalue weighted by molar-refractivity contribution is -0.00898. The van der Waals surface area contributed by atoms with E-state index in [0.717, 1.165) is 37.2 Å². The van der Waals surface area contributed by atoms with Crippen molar-refractivity contribution in [3.05, 3.63) is 105 Å². The van der Waals surface area contributed by atoms with E-state index in [-0.39, 0.29) is 12.0 Å². The normalized spacial score (nSPS) is 17.9. The van der Waals surface area contributed by atoms with Crippen LogP contribution in [0.5, 0.6) is 0 Å². The number of halogens is 3. The molecule has 1 atom stereocenters. The summed E-state index contributed by atoms with van der Waals surface area (Å²) in [5.74, 6) is -0.218. The van der Waals surface area contributed by atoms with Gasteiger partial charge in [0.05, 0.1) is 6.17 Å². The summed E-state index contributed by atoms with van der Waals surface area (Å²) >= 11 is 13.3. The van der Waals surface area contributed by atoms with Gasteiger partial charge in [0.25, 0.3) is 0 Å². The molecule has 3 aromatic carbocycles. The third kappa shape index (κ3) is 4.87. The standard InChI is InChI=1S/C25H25Cl2FN2/c1-18-5-2-6-20(15-18)17-30-14-4-13-29(16-19-9-11-21(28)12-10-19)25(30)24-22(26)7-3-8-23(24)27/h2-3,5-12,15,25H,4,13-14,16-17H2,1H3/t25-/m1/s1. The summed E-state index contributed by atoms with van der Waals surface area (Å²) in [7, 11) is 0. The fraction of sp³-hybridized carbons (Fsp3) is 0.280. The minimum atomic E-state index is -0.218. The summed E-state index contributed by atoms with van der Waals surface area (Å²) in [6, 6.07) is 21.0. The van der Waals surface area contributed by atoms with Crippen LogP contribution >= 0.6 is 23.2 Å². The molecule has 0 unspecified atom stereocenters. The zero-order valence-corrected chi connectivity index (χ0v) is 18.5. The van der Waals surface area contributed by atoms with Crippen molar-refractivity contribution in [2.75, 3.05) is 13.1 Å². The monoisotopic (exact) mass is 442 g/mol. The zero-order valence-electron chi connectivity index (χ0n) is 17.0. The van der Waals surface area contributed by atoms with Crippen molar-refractivity contribution in [1.82, 2.24) is 9.80 Å². The van der Waals surface area contributed by atoms with Gasteiger partial charge in [-0.15, -0.1) is 0 Å². The Bertz CT molecular complexity index is 986. The summed E-state index contributed by atoms with van der Waals surface area (Å²) in [5, 5.41) is 1.35. The highest BCUT2D eigenvalue weighted by atomic mass is 35.5. The van der Waals surface area contributed by atoms with E-state index in [1.54, 1.807) is 0 Å². The second-order valence-electron chi connectivity index (χ2n) is 7.92. The first-order valence-corrected chi connectivity index (χ1v) is 11.0. The minimum absolute atomic E-state index is 0.0504. The molecule has 1 aliphatic heterocycles. The third-order valence-corrected chi connectivity index (χ3v) is 6.27.